The lowest BCUT2D eigenvalue weighted by atomic mass is 10.0. The molecule has 0 aliphatic carbocycles. The number of hydrogen-bond donors (Lipinski definition) is 0. The summed E-state index contributed by atoms with van der Waals surface area (Å²) in [6.07, 6.45) is 0. The van der Waals surface area contributed by atoms with Gasteiger partial charge in [0.05, 0.1) is 14.2 Å². The second kappa shape index (κ2) is 9.78. The number of Topliss-reactive ketones (excluding diaryl/α,β-unsaturated/α-hetero) is 1. The Kier molecular flexibility index (Phi) is 7.12. The summed E-state index contributed by atoms with van der Waals surface area (Å²) < 4.78 is 23.3. The van der Waals surface area contributed by atoms with Crippen molar-refractivity contribution in [2.75, 3.05) is 14.2 Å². The van der Waals surface area contributed by atoms with Gasteiger partial charge in [-0.2, -0.15) is 0 Å². The van der Waals surface area contributed by atoms with Gasteiger partial charge in [0.15, 0.2) is 23.9 Å². The number of hydrogen-bond acceptors (Lipinski definition) is 7. The molecule has 3 aromatic rings. The van der Waals surface area contributed by atoms with Crippen molar-refractivity contribution in [2.45, 2.75) is 39.8 Å². The van der Waals surface area contributed by atoms with E-state index >= 15 is 0 Å². The van der Waals surface area contributed by atoms with Gasteiger partial charge in [0.25, 0.3) is 10.7 Å². The van der Waals surface area contributed by atoms with E-state index in [9.17, 15) is 4.79 Å². The number of ketones is 1. The third-order valence-corrected chi connectivity index (χ3v) is 5.08. The lowest BCUT2D eigenvalue weighted by Gasteiger charge is -2.13. The molecule has 0 radical (unpaired) electrons. The normalized spacial score (nSPS) is 10.9. The van der Waals surface area contributed by atoms with Crippen molar-refractivity contribution in [2.24, 2.45) is 0 Å². The highest BCUT2D eigenvalue weighted by atomic mass is 32.1. The van der Waals surface area contributed by atoms with Crippen LogP contribution in [0.15, 0.2) is 40.8 Å². The zero-order valence-electron chi connectivity index (χ0n) is 18.3. The van der Waals surface area contributed by atoms with E-state index in [-0.39, 0.29) is 23.8 Å². The van der Waals surface area contributed by atoms with Gasteiger partial charge in [-0.3, -0.25) is 4.79 Å². The van der Waals surface area contributed by atoms with E-state index in [0.29, 0.717) is 28.9 Å². The first-order chi connectivity index (χ1) is 14.8. The van der Waals surface area contributed by atoms with Gasteiger partial charge < -0.3 is 18.6 Å². The molecule has 0 aliphatic heterocycles. The van der Waals surface area contributed by atoms with E-state index in [1.54, 1.807) is 25.3 Å². The van der Waals surface area contributed by atoms with Crippen LogP contribution in [0.3, 0.4) is 0 Å². The average Bonchev–Trinajstić information content (AvgIpc) is 3.10. The van der Waals surface area contributed by atoms with Crippen LogP contribution in [0.4, 0.5) is 0 Å². The topological polar surface area (TPSA) is 75.7 Å². The number of aromatic nitrogens is 2. The van der Waals surface area contributed by atoms with Crippen molar-refractivity contribution in [3.8, 4) is 17.2 Å². The summed E-state index contributed by atoms with van der Waals surface area (Å²) in [5, 5.41) is 4.31. The van der Waals surface area contributed by atoms with Gasteiger partial charge in [-0.15, -0.1) is 5.10 Å². The molecule has 164 valence electrons. The standard InChI is InChI=1S/C23H26N2O5S/c1-14(2)17-8-6-15(3)10-20(17)29-13-22-24-25(23(31)30-22)12-18(26)16-7-9-19(27-4)21(11-16)28-5/h6-11,14H,12-13H2,1-5H3. The van der Waals surface area contributed by atoms with Crippen molar-refractivity contribution in [3.05, 3.63) is 63.8 Å². The number of carbonyl (C=O) groups excluding carboxylic acids is 1. The molecule has 0 saturated heterocycles. The molecule has 0 bridgehead atoms. The second-order valence-corrected chi connectivity index (χ2v) is 7.75. The van der Waals surface area contributed by atoms with Crippen LogP contribution in [0.25, 0.3) is 0 Å². The Hall–Kier alpha value is -3.13. The predicted molar refractivity (Wildman–Crippen MR) is 119 cm³/mol. The highest BCUT2D eigenvalue weighted by Crippen LogP contribution is 2.29. The summed E-state index contributed by atoms with van der Waals surface area (Å²) in [5.41, 5.74) is 2.67. The number of carbonyl (C=O) groups is 1. The second-order valence-electron chi connectivity index (χ2n) is 7.40. The fraction of sp³-hybridized carbons (Fsp3) is 0.348. The van der Waals surface area contributed by atoms with Crippen LogP contribution < -0.4 is 14.2 Å². The lowest BCUT2D eigenvalue weighted by Crippen LogP contribution is -2.12. The van der Waals surface area contributed by atoms with E-state index in [2.05, 4.69) is 31.1 Å². The van der Waals surface area contributed by atoms with Crippen LogP contribution in [0.1, 0.15) is 47.1 Å². The van der Waals surface area contributed by atoms with Crippen LogP contribution in [-0.4, -0.2) is 29.8 Å². The number of ether oxygens (including phenoxy) is 3. The van der Waals surface area contributed by atoms with Crippen LogP contribution in [-0.2, 0) is 13.2 Å². The first-order valence-corrected chi connectivity index (χ1v) is 10.3. The summed E-state index contributed by atoms with van der Waals surface area (Å²) in [4.78, 5) is 12.8. The van der Waals surface area contributed by atoms with Crippen LogP contribution in [0.2, 0.25) is 0 Å². The Labute approximate surface area is 186 Å². The van der Waals surface area contributed by atoms with Crippen molar-refractivity contribution in [1.29, 1.82) is 0 Å². The lowest BCUT2D eigenvalue weighted by molar-refractivity contribution is 0.0965. The van der Waals surface area contributed by atoms with E-state index < -0.39 is 0 Å². The summed E-state index contributed by atoms with van der Waals surface area (Å²) in [6.45, 7) is 6.29. The van der Waals surface area contributed by atoms with E-state index in [0.717, 1.165) is 16.9 Å². The van der Waals surface area contributed by atoms with Crippen LogP contribution in [0, 0.1) is 11.8 Å². The number of nitrogens with zero attached hydrogens (tertiary/aromatic N) is 2. The molecule has 0 fully saturated rings. The minimum atomic E-state index is -0.182. The molecule has 0 spiro atoms. The molecule has 1 aromatic heterocycles. The maximum Gasteiger partial charge on any atom is 0.287 e. The van der Waals surface area contributed by atoms with Crippen LogP contribution >= 0.6 is 12.2 Å². The Morgan fingerprint density at radius 2 is 1.84 bits per heavy atom. The molecule has 3 rings (SSSR count). The number of rotatable bonds is 9. The van der Waals surface area contributed by atoms with Gasteiger partial charge in [0, 0.05) is 5.56 Å². The molecule has 0 atom stereocenters. The minimum absolute atomic E-state index is 0.0560. The molecule has 2 aromatic carbocycles. The molecule has 0 unspecified atom stereocenters. The smallest absolute Gasteiger partial charge is 0.287 e. The monoisotopic (exact) mass is 442 g/mol. The average molecular weight is 443 g/mol. The summed E-state index contributed by atoms with van der Waals surface area (Å²) in [5.74, 6) is 2.25. The van der Waals surface area contributed by atoms with Gasteiger partial charge in [-0.25, -0.2) is 4.68 Å². The zero-order chi connectivity index (χ0) is 22.5. The minimum Gasteiger partial charge on any atom is -0.493 e. The van der Waals surface area contributed by atoms with Crippen molar-refractivity contribution in [1.82, 2.24) is 9.78 Å². The first kappa shape index (κ1) is 22.6. The Morgan fingerprint density at radius 1 is 1.10 bits per heavy atom. The third-order valence-electron chi connectivity index (χ3n) is 4.79. The quantitative estimate of drug-likeness (QED) is 0.336. The molecule has 1 heterocycles. The van der Waals surface area contributed by atoms with E-state index in [1.165, 1.54) is 11.8 Å². The fourth-order valence-electron chi connectivity index (χ4n) is 3.13. The zero-order valence-corrected chi connectivity index (χ0v) is 19.1. The molecule has 0 aliphatic rings. The Morgan fingerprint density at radius 3 is 2.52 bits per heavy atom. The largest absolute Gasteiger partial charge is 0.493 e. The van der Waals surface area contributed by atoms with Gasteiger partial charge in [-0.05, 0) is 60.5 Å². The van der Waals surface area contributed by atoms with Gasteiger partial charge in [-0.1, -0.05) is 26.0 Å². The Bertz CT molecular complexity index is 1130. The maximum atomic E-state index is 12.7. The SMILES string of the molecule is COc1ccc(C(=O)Cn2nc(COc3cc(C)ccc3C(C)C)oc2=S)cc1OC. The van der Waals surface area contributed by atoms with E-state index in [4.69, 9.17) is 30.8 Å². The summed E-state index contributed by atoms with van der Waals surface area (Å²) in [7, 11) is 3.06. The van der Waals surface area contributed by atoms with Gasteiger partial charge in [0.1, 0.15) is 12.3 Å². The molecule has 7 nitrogen and oxygen atoms in total. The maximum absolute atomic E-state index is 12.7. The molecule has 0 N–H and O–H groups in total. The summed E-state index contributed by atoms with van der Waals surface area (Å²) in [6, 6.07) is 11.1. The molecule has 0 amide bonds. The number of methoxy groups -OCH3 is 2. The number of aryl methyl sites for hydroxylation is 1. The highest BCUT2D eigenvalue weighted by Gasteiger charge is 2.15. The fourth-order valence-corrected chi connectivity index (χ4v) is 3.33. The van der Waals surface area contributed by atoms with Crippen molar-refractivity contribution in [3.63, 3.8) is 0 Å². The molecule has 0 saturated carbocycles. The van der Waals surface area contributed by atoms with Crippen molar-refractivity contribution < 1.29 is 23.4 Å². The molecular weight excluding hydrogens is 416 g/mol. The first-order valence-electron chi connectivity index (χ1n) is 9.87. The molecule has 8 heteroatoms. The Balaban J connectivity index is 1.73. The third kappa shape index (κ3) is 5.32. The summed E-state index contributed by atoms with van der Waals surface area (Å²) >= 11 is 5.23. The molecular formula is C23H26N2O5S. The van der Waals surface area contributed by atoms with Crippen LogP contribution in [0.5, 0.6) is 17.2 Å². The number of benzene rings is 2. The predicted octanol–water partition coefficient (Wildman–Crippen LogP) is 5.12. The molecule has 31 heavy (non-hydrogen) atoms. The van der Waals surface area contributed by atoms with Crippen molar-refractivity contribution >= 4 is 18.0 Å². The highest BCUT2D eigenvalue weighted by molar-refractivity contribution is 7.71. The van der Waals surface area contributed by atoms with Gasteiger partial charge in [0.2, 0.25) is 0 Å². The van der Waals surface area contributed by atoms with E-state index in [1.807, 2.05) is 13.0 Å². The van der Waals surface area contributed by atoms with Gasteiger partial charge >= 0.3 is 0 Å².